The first kappa shape index (κ1) is 14.4. The highest BCUT2D eigenvalue weighted by Crippen LogP contribution is 2.27. The van der Waals surface area contributed by atoms with Crippen LogP contribution in [0.4, 0.5) is 4.39 Å². The SMILES string of the molecule is CCc1nc2cc(C)c(F)cc2c(CCC(=O)O)c1C. The highest BCUT2D eigenvalue weighted by molar-refractivity contribution is 5.85. The first-order valence-corrected chi connectivity index (χ1v) is 6.74. The van der Waals surface area contributed by atoms with Crippen molar-refractivity contribution in [3.05, 3.63) is 40.3 Å². The third kappa shape index (κ3) is 2.64. The third-order valence-electron chi connectivity index (χ3n) is 3.67. The quantitative estimate of drug-likeness (QED) is 0.928. The van der Waals surface area contributed by atoms with Crippen molar-refractivity contribution in [2.24, 2.45) is 0 Å². The lowest BCUT2D eigenvalue weighted by Crippen LogP contribution is -2.04. The molecule has 106 valence electrons. The van der Waals surface area contributed by atoms with Crippen molar-refractivity contribution in [3.63, 3.8) is 0 Å². The van der Waals surface area contributed by atoms with Gasteiger partial charge in [-0.3, -0.25) is 9.78 Å². The van der Waals surface area contributed by atoms with Crippen molar-refractivity contribution in [1.82, 2.24) is 4.98 Å². The molecule has 0 atom stereocenters. The molecule has 1 aromatic heterocycles. The smallest absolute Gasteiger partial charge is 0.303 e. The summed E-state index contributed by atoms with van der Waals surface area (Å²) in [5, 5.41) is 9.60. The Bertz CT molecular complexity index is 680. The van der Waals surface area contributed by atoms with Gasteiger partial charge in [0.1, 0.15) is 5.82 Å². The molecule has 0 aliphatic heterocycles. The summed E-state index contributed by atoms with van der Waals surface area (Å²) in [5.74, 6) is -1.13. The summed E-state index contributed by atoms with van der Waals surface area (Å²) in [6.45, 7) is 5.65. The Morgan fingerprint density at radius 3 is 2.65 bits per heavy atom. The molecule has 0 unspecified atom stereocenters. The van der Waals surface area contributed by atoms with Crippen LogP contribution in [-0.4, -0.2) is 16.1 Å². The second kappa shape index (κ2) is 5.57. The summed E-state index contributed by atoms with van der Waals surface area (Å²) in [4.78, 5) is 15.4. The molecule has 0 aliphatic carbocycles. The highest BCUT2D eigenvalue weighted by atomic mass is 19.1. The molecule has 20 heavy (non-hydrogen) atoms. The Hall–Kier alpha value is -1.97. The van der Waals surface area contributed by atoms with Gasteiger partial charge in [0.05, 0.1) is 5.52 Å². The number of hydrogen-bond acceptors (Lipinski definition) is 2. The second-order valence-corrected chi connectivity index (χ2v) is 5.03. The summed E-state index contributed by atoms with van der Waals surface area (Å²) < 4.78 is 13.8. The molecular weight excluding hydrogens is 257 g/mol. The van der Waals surface area contributed by atoms with E-state index < -0.39 is 5.97 Å². The molecule has 0 bridgehead atoms. The second-order valence-electron chi connectivity index (χ2n) is 5.03. The predicted octanol–water partition coefficient (Wildman–Crippen LogP) is 3.57. The lowest BCUT2D eigenvalue weighted by atomic mass is 9.96. The Morgan fingerprint density at radius 1 is 1.35 bits per heavy atom. The summed E-state index contributed by atoms with van der Waals surface area (Å²) in [7, 11) is 0. The average Bonchev–Trinajstić information content (AvgIpc) is 2.39. The van der Waals surface area contributed by atoms with Gasteiger partial charge in [-0.05, 0) is 55.5 Å². The minimum atomic E-state index is -0.847. The number of halogens is 1. The number of pyridine rings is 1. The number of benzene rings is 1. The molecule has 0 fully saturated rings. The van der Waals surface area contributed by atoms with Crippen LogP contribution in [0.25, 0.3) is 10.9 Å². The largest absolute Gasteiger partial charge is 0.481 e. The number of hydrogen-bond donors (Lipinski definition) is 1. The van der Waals surface area contributed by atoms with Crippen molar-refractivity contribution in [1.29, 1.82) is 0 Å². The van der Waals surface area contributed by atoms with E-state index in [9.17, 15) is 9.18 Å². The normalized spacial score (nSPS) is 11.0. The molecule has 0 aliphatic rings. The Labute approximate surface area is 117 Å². The van der Waals surface area contributed by atoms with Gasteiger partial charge in [-0.1, -0.05) is 6.92 Å². The monoisotopic (exact) mass is 275 g/mol. The van der Waals surface area contributed by atoms with Crippen LogP contribution in [0.5, 0.6) is 0 Å². The molecule has 3 nitrogen and oxygen atoms in total. The van der Waals surface area contributed by atoms with Crippen LogP contribution >= 0.6 is 0 Å². The third-order valence-corrected chi connectivity index (χ3v) is 3.67. The van der Waals surface area contributed by atoms with E-state index in [1.54, 1.807) is 13.0 Å². The highest BCUT2D eigenvalue weighted by Gasteiger charge is 2.14. The van der Waals surface area contributed by atoms with Gasteiger partial charge in [-0.25, -0.2) is 4.39 Å². The van der Waals surface area contributed by atoms with Crippen molar-refractivity contribution in [2.75, 3.05) is 0 Å². The predicted molar refractivity (Wildman–Crippen MR) is 76.5 cm³/mol. The minimum absolute atomic E-state index is 0.0403. The maximum Gasteiger partial charge on any atom is 0.303 e. The van der Waals surface area contributed by atoms with Gasteiger partial charge in [-0.15, -0.1) is 0 Å². The molecule has 1 heterocycles. The minimum Gasteiger partial charge on any atom is -0.481 e. The van der Waals surface area contributed by atoms with E-state index in [0.29, 0.717) is 12.0 Å². The van der Waals surface area contributed by atoms with Crippen molar-refractivity contribution < 1.29 is 14.3 Å². The number of carbonyl (C=O) groups is 1. The van der Waals surface area contributed by atoms with Crippen molar-refractivity contribution >= 4 is 16.9 Å². The number of carboxylic acid groups (broad SMARTS) is 1. The number of fused-ring (bicyclic) bond motifs is 1. The van der Waals surface area contributed by atoms with Gasteiger partial charge in [0.25, 0.3) is 0 Å². The summed E-state index contributed by atoms with van der Waals surface area (Å²) >= 11 is 0. The van der Waals surface area contributed by atoms with E-state index in [1.165, 1.54) is 6.07 Å². The Balaban J connectivity index is 2.69. The molecule has 0 saturated heterocycles. The van der Waals surface area contributed by atoms with Crippen LogP contribution in [0.2, 0.25) is 0 Å². The van der Waals surface area contributed by atoms with Gasteiger partial charge >= 0.3 is 5.97 Å². The zero-order valence-electron chi connectivity index (χ0n) is 12.0. The fourth-order valence-corrected chi connectivity index (χ4v) is 2.50. The number of aryl methyl sites for hydroxylation is 3. The Morgan fingerprint density at radius 2 is 2.05 bits per heavy atom. The lowest BCUT2D eigenvalue weighted by molar-refractivity contribution is -0.136. The van der Waals surface area contributed by atoms with Gasteiger partial charge in [-0.2, -0.15) is 0 Å². The number of nitrogens with zero attached hydrogens (tertiary/aromatic N) is 1. The van der Waals surface area contributed by atoms with Gasteiger partial charge in [0.2, 0.25) is 0 Å². The molecule has 1 aromatic carbocycles. The first-order chi connectivity index (χ1) is 9.43. The molecule has 0 amide bonds. The molecule has 0 radical (unpaired) electrons. The molecule has 0 spiro atoms. The van der Waals surface area contributed by atoms with Crippen LogP contribution in [0.3, 0.4) is 0 Å². The van der Waals surface area contributed by atoms with E-state index >= 15 is 0 Å². The fourth-order valence-electron chi connectivity index (χ4n) is 2.50. The molecule has 1 N–H and O–H groups in total. The van der Waals surface area contributed by atoms with Crippen LogP contribution in [0, 0.1) is 19.7 Å². The van der Waals surface area contributed by atoms with Crippen LogP contribution in [0.15, 0.2) is 12.1 Å². The number of carboxylic acids is 1. The first-order valence-electron chi connectivity index (χ1n) is 6.74. The standard InChI is InChI=1S/C16H18FNO2/c1-4-14-10(3)11(5-6-16(19)20)12-8-13(17)9(2)7-15(12)18-14/h7-8H,4-6H2,1-3H3,(H,19,20). The van der Waals surface area contributed by atoms with Gasteiger partial charge in [0, 0.05) is 17.5 Å². The lowest BCUT2D eigenvalue weighted by Gasteiger charge is -2.14. The van der Waals surface area contributed by atoms with E-state index in [4.69, 9.17) is 5.11 Å². The molecule has 2 aromatic rings. The number of aromatic nitrogens is 1. The number of rotatable bonds is 4. The average molecular weight is 275 g/mol. The molecule has 4 heteroatoms. The summed E-state index contributed by atoms with van der Waals surface area (Å²) in [6.07, 6.45) is 1.21. The number of aliphatic carboxylic acids is 1. The zero-order valence-corrected chi connectivity index (χ0v) is 12.0. The maximum absolute atomic E-state index is 13.8. The van der Waals surface area contributed by atoms with E-state index in [-0.39, 0.29) is 12.2 Å². The maximum atomic E-state index is 13.8. The fraction of sp³-hybridized carbons (Fsp3) is 0.375. The molecule has 2 rings (SSSR count). The molecular formula is C16H18FNO2. The topological polar surface area (TPSA) is 50.2 Å². The van der Waals surface area contributed by atoms with Crippen LogP contribution < -0.4 is 0 Å². The Kier molecular flexibility index (Phi) is 4.02. The summed E-state index contributed by atoms with van der Waals surface area (Å²) in [5.41, 5.74) is 4.12. The van der Waals surface area contributed by atoms with Gasteiger partial charge < -0.3 is 5.11 Å². The summed E-state index contributed by atoms with van der Waals surface area (Å²) in [6, 6.07) is 3.20. The van der Waals surface area contributed by atoms with Crippen molar-refractivity contribution in [2.45, 2.75) is 40.0 Å². The zero-order chi connectivity index (χ0) is 14.9. The van der Waals surface area contributed by atoms with Crippen molar-refractivity contribution in [3.8, 4) is 0 Å². The van der Waals surface area contributed by atoms with E-state index in [0.717, 1.165) is 34.1 Å². The van der Waals surface area contributed by atoms with E-state index in [1.807, 2.05) is 13.8 Å². The van der Waals surface area contributed by atoms with E-state index in [2.05, 4.69) is 4.98 Å². The van der Waals surface area contributed by atoms with Crippen LogP contribution in [-0.2, 0) is 17.6 Å². The molecule has 0 saturated carbocycles. The van der Waals surface area contributed by atoms with Crippen LogP contribution in [0.1, 0.15) is 35.7 Å². The van der Waals surface area contributed by atoms with Gasteiger partial charge in [0.15, 0.2) is 0 Å².